The molecule has 5 heteroatoms. The van der Waals surface area contributed by atoms with Crippen molar-refractivity contribution in [1.29, 1.82) is 0 Å². The Kier molecular flexibility index (Phi) is 8.00. The monoisotopic (exact) mass is 477 g/mol. The normalized spacial score (nSPS) is 15.0. The minimum absolute atomic E-state index is 0.0364. The Balaban J connectivity index is 1.69. The maximum absolute atomic E-state index is 13.5. The molecule has 36 heavy (non-hydrogen) atoms. The van der Waals surface area contributed by atoms with Gasteiger partial charge in [-0.05, 0) is 43.0 Å². The SMILES string of the molecule is CC1=C(C(=O)O)C(C#Cc2ccccc2)C(C(=O)OCCCc2ccccc2)=C(c2ccccc2)N1. The molecule has 0 radical (unpaired) electrons. The van der Waals surface area contributed by atoms with Crippen molar-refractivity contribution in [1.82, 2.24) is 5.32 Å². The lowest BCUT2D eigenvalue weighted by molar-refractivity contribution is -0.139. The third-order valence-electron chi connectivity index (χ3n) is 5.90. The lowest BCUT2D eigenvalue weighted by Gasteiger charge is -2.28. The Morgan fingerprint density at radius 1 is 0.889 bits per heavy atom. The number of hydrogen-bond acceptors (Lipinski definition) is 4. The van der Waals surface area contributed by atoms with Gasteiger partial charge < -0.3 is 15.2 Å². The number of hydrogen-bond donors (Lipinski definition) is 2. The van der Waals surface area contributed by atoms with Gasteiger partial charge in [-0.2, -0.15) is 0 Å². The fourth-order valence-corrected chi connectivity index (χ4v) is 4.15. The van der Waals surface area contributed by atoms with E-state index in [4.69, 9.17) is 4.74 Å². The van der Waals surface area contributed by atoms with E-state index in [1.165, 1.54) is 0 Å². The van der Waals surface area contributed by atoms with Crippen molar-refractivity contribution >= 4 is 17.6 Å². The summed E-state index contributed by atoms with van der Waals surface area (Å²) in [4.78, 5) is 25.8. The lowest BCUT2D eigenvalue weighted by Crippen LogP contribution is -2.32. The Labute approximate surface area is 211 Å². The molecule has 2 N–H and O–H groups in total. The Morgan fingerprint density at radius 2 is 1.50 bits per heavy atom. The summed E-state index contributed by atoms with van der Waals surface area (Å²) in [6.45, 7) is 1.90. The average Bonchev–Trinajstić information content (AvgIpc) is 2.90. The van der Waals surface area contributed by atoms with Gasteiger partial charge in [-0.3, -0.25) is 0 Å². The van der Waals surface area contributed by atoms with Gasteiger partial charge in [0, 0.05) is 11.3 Å². The fourth-order valence-electron chi connectivity index (χ4n) is 4.15. The minimum Gasteiger partial charge on any atom is -0.478 e. The standard InChI is InChI=1S/C31H27NO4/c1-22-27(30(33)34)26(20-19-24-14-7-3-8-15-24)28(29(32-22)25-17-9-4-10-18-25)31(35)36-21-11-16-23-12-5-2-6-13-23/h2-10,12-15,17-18,26,32H,11,16,21H2,1H3,(H,33,34). The van der Waals surface area contributed by atoms with Gasteiger partial charge in [0.25, 0.3) is 0 Å². The Hall–Kier alpha value is -4.56. The molecule has 0 amide bonds. The van der Waals surface area contributed by atoms with E-state index < -0.39 is 17.9 Å². The lowest BCUT2D eigenvalue weighted by atomic mass is 9.84. The predicted molar refractivity (Wildman–Crippen MR) is 139 cm³/mol. The number of carboxylic acid groups (broad SMARTS) is 1. The van der Waals surface area contributed by atoms with E-state index in [1.807, 2.05) is 91.0 Å². The summed E-state index contributed by atoms with van der Waals surface area (Å²) in [7, 11) is 0. The van der Waals surface area contributed by atoms with E-state index in [2.05, 4.69) is 17.2 Å². The summed E-state index contributed by atoms with van der Waals surface area (Å²) in [5.41, 5.74) is 3.84. The van der Waals surface area contributed by atoms with Gasteiger partial charge in [0.05, 0.1) is 29.4 Å². The second kappa shape index (κ2) is 11.7. The molecular formula is C31H27NO4. The molecule has 0 bridgehead atoms. The van der Waals surface area contributed by atoms with E-state index in [-0.39, 0.29) is 17.8 Å². The first-order chi connectivity index (χ1) is 17.5. The van der Waals surface area contributed by atoms with Crippen molar-refractivity contribution in [2.24, 2.45) is 5.92 Å². The topological polar surface area (TPSA) is 75.6 Å². The van der Waals surface area contributed by atoms with Gasteiger partial charge in [0.15, 0.2) is 0 Å². The van der Waals surface area contributed by atoms with E-state index in [0.717, 1.165) is 23.1 Å². The van der Waals surface area contributed by atoms with Crippen LogP contribution in [0, 0.1) is 17.8 Å². The molecule has 180 valence electrons. The zero-order valence-corrected chi connectivity index (χ0v) is 20.0. The Bertz CT molecular complexity index is 1350. The molecule has 0 saturated carbocycles. The summed E-state index contributed by atoms with van der Waals surface area (Å²) in [6, 6.07) is 28.6. The maximum atomic E-state index is 13.5. The summed E-state index contributed by atoms with van der Waals surface area (Å²) >= 11 is 0. The molecule has 3 aromatic carbocycles. The molecule has 3 aromatic rings. The average molecular weight is 478 g/mol. The molecule has 5 nitrogen and oxygen atoms in total. The van der Waals surface area contributed by atoms with Crippen molar-refractivity contribution in [3.05, 3.63) is 125 Å². The first-order valence-corrected chi connectivity index (χ1v) is 11.8. The van der Waals surface area contributed by atoms with Gasteiger partial charge in [0.2, 0.25) is 0 Å². The van der Waals surface area contributed by atoms with E-state index in [0.29, 0.717) is 17.8 Å². The largest absolute Gasteiger partial charge is 0.478 e. The van der Waals surface area contributed by atoms with Gasteiger partial charge in [-0.15, -0.1) is 0 Å². The number of aryl methyl sites for hydroxylation is 1. The van der Waals surface area contributed by atoms with Crippen LogP contribution in [-0.4, -0.2) is 23.7 Å². The number of ether oxygens (including phenoxy) is 1. The quantitative estimate of drug-likeness (QED) is 0.278. The number of esters is 1. The smallest absolute Gasteiger partial charge is 0.337 e. The van der Waals surface area contributed by atoms with Crippen LogP contribution in [0.5, 0.6) is 0 Å². The molecular weight excluding hydrogens is 450 g/mol. The highest BCUT2D eigenvalue weighted by atomic mass is 16.5. The Morgan fingerprint density at radius 3 is 2.14 bits per heavy atom. The number of carboxylic acids is 1. The zero-order valence-electron chi connectivity index (χ0n) is 20.0. The third kappa shape index (κ3) is 5.92. The predicted octanol–water partition coefficient (Wildman–Crippen LogP) is 5.20. The van der Waals surface area contributed by atoms with E-state index in [1.54, 1.807) is 6.92 Å². The minimum atomic E-state index is -1.13. The van der Waals surface area contributed by atoms with Crippen molar-refractivity contribution in [2.75, 3.05) is 6.61 Å². The van der Waals surface area contributed by atoms with Crippen LogP contribution < -0.4 is 5.32 Å². The maximum Gasteiger partial charge on any atom is 0.337 e. The summed E-state index contributed by atoms with van der Waals surface area (Å²) in [6.07, 6.45) is 1.42. The first kappa shape index (κ1) is 24.6. The van der Waals surface area contributed by atoms with Gasteiger partial charge in [0.1, 0.15) is 0 Å². The molecule has 1 aliphatic rings. The molecule has 0 spiro atoms. The zero-order chi connectivity index (χ0) is 25.3. The van der Waals surface area contributed by atoms with Crippen LogP contribution in [0.4, 0.5) is 0 Å². The fraction of sp³-hybridized carbons (Fsp3) is 0.161. The van der Waals surface area contributed by atoms with Crippen LogP contribution in [0.1, 0.15) is 30.0 Å². The first-order valence-electron chi connectivity index (χ1n) is 11.8. The highest BCUT2D eigenvalue weighted by molar-refractivity contribution is 6.04. The van der Waals surface area contributed by atoms with Crippen LogP contribution >= 0.6 is 0 Å². The van der Waals surface area contributed by atoms with Gasteiger partial charge >= 0.3 is 11.9 Å². The van der Waals surface area contributed by atoms with Crippen molar-refractivity contribution < 1.29 is 19.4 Å². The van der Waals surface area contributed by atoms with Crippen LogP contribution in [0.3, 0.4) is 0 Å². The number of carbonyl (C=O) groups is 2. The number of dihydropyridines is 1. The highest BCUT2D eigenvalue weighted by Crippen LogP contribution is 2.34. The second-order valence-corrected chi connectivity index (χ2v) is 8.42. The highest BCUT2D eigenvalue weighted by Gasteiger charge is 2.36. The van der Waals surface area contributed by atoms with Crippen LogP contribution in [0.25, 0.3) is 5.70 Å². The molecule has 0 aromatic heterocycles. The molecule has 0 saturated heterocycles. The summed E-state index contributed by atoms with van der Waals surface area (Å²) in [5, 5.41) is 13.2. The summed E-state index contributed by atoms with van der Waals surface area (Å²) < 4.78 is 5.68. The number of aliphatic carboxylic acids is 1. The molecule has 4 rings (SSSR count). The molecule has 1 heterocycles. The van der Waals surface area contributed by atoms with Gasteiger partial charge in [-0.1, -0.05) is 90.7 Å². The number of carbonyl (C=O) groups excluding carboxylic acids is 1. The van der Waals surface area contributed by atoms with Crippen molar-refractivity contribution in [2.45, 2.75) is 19.8 Å². The summed E-state index contributed by atoms with van der Waals surface area (Å²) in [5.74, 6) is 3.44. The van der Waals surface area contributed by atoms with Crippen LogP contribution in [-0.2, 0) is 20.7 Å². The van der Waals surface area contributed by atoms with Crippen molar-refractivity contribution in [3.63, 3.8) is 0 Å². The molecule has 0 fully saturated rings. The number of benzene rings is 3. The van der Waals surface area contributed by atoms with Crippen LogP contribution in [0.15, 0.2) is 108 Å². The van der Waals surface area contributed by atoms with Crippen LogP contribution in [0.2, 0.25) is 0 Å². The molecule has 0 aliphatic carbocycles. The van der Waals surface area contributed by atoms with E-state index in [9.17, 15) is 14.7 Å². The van der Waals surface area contributed by atoms with Gasteiger partial charge in [-0.25, -0.2) is 9.59 Å². The third-order valence-corrected chi connectivity index (χ3v) is 5.90. The second-order valence-electron chi connectivity index (χ2n) is 8.42. The van der Waals surface area contributed by atoms with Crippen molar-refractivity contribution in [3.8, 4) is 11.8 Å². The number of rotatable bonds is 7. The number of nitrogens with one attached hydrogen (secondary N) is 1. The molecule has 1 atom stereocenters. The van der Waals surface area contributed by atoms with E-state index >= 15 is 0 Å². The molecule has 1 aliphatic heterocycles. The number of allylic oxidation sites excluding steroid dienone is 1. The molecule has 1 unspecified atom stereocenters.